The zero-order valence-corrected chi connectivity index (χ0v) is 15.5. The molecule has 0 bridgehead atoms. The maximum Gasteiger partial charge on any atom is 0.225 e. The van der Waals surface area contributed by atoms with Gasteiger partial charge >= 0.3 is 0 Å². The van der Waals surface area contributed by atoms with Gasteiger partial charge in [-0.1, -0.05) is 23.8 Å². The van der Waals surface area contributed by atoms with Crippen LogP contribution in [0, 0.1) is 6.92 Å². The van der Waals surface area contributed by atoms with Crippen LogP contribution < -0.4 is 5.32 Å². The lowest BCUT2D eigenvalue weighted by Gasteiger charge is -2.08. The Hall–Kier alpha value is -2.19. The first kappa shape index (κ1) is 19.1. The minimum atomic E-state index is -3.55. The predicted molar refractivity (Wildman–Crippen MR) is 96.0 cm³/mol. The molecule has 25 heavy (non-hydrogen) atoms. The van der Waals surface area contributed by atoms with Crippen LogP contribution in [0.2, 0.25) is 0 Å². The van der Waals surface area contributed by atoms with Gasteiger partial charge < -0.3 is 5.32 Å². The normalized spacial score (nSPS) is 11.9. The lowest BCUT2D eigenvalue weighted by Crippen LogP contribution is -2.17. The number of carbonyl (C=O) groups is 1. The van der Waals surface area contributed by atoms with Crippen molar-refractivity contribution < 1.29 is 21.6 Å². The van der Waals surface area contributed by atoms with Crippen LogP contribution in [0.4, 0.5) is 5.69 Å². The summed E-state index contributed by atoms with van der Waals surface area (Å²) in [5, 5.41) is 2.52. The van der Waals surface area contributed by atoms with E-state index in [0.717, 1.165) is 11.8 Å². The lowest BCUT2D eigenvalue weighted by atomic mass is 10.2. The summed E-state index contributed by atoms with van der Waals surface area (Å²) in [4.78, 5) is 12.2. The first-order chi connectivity index (χ1) is 11.6. The second-order valence-corrected chi connectivity index (χ2v) is 9.85. The summed E-state index contributed by atoms with van der Waals surface area (Å²) in [7, 11) is -6.94. The molecule has 134 valence electrons. The molecule has 0 spiro atoms. The van der Waals surface area contributed by atoms with Crippen LogP contribution in [0.15, 0.2) is 58.3 Å². The third kappa shape index (κ3) is 5.40. The van der Waals surface area contributed by atoms with Crippen molar-refractivity contribution in [3.8, 4) is 0 Å². The molecule has 8 heteroatoms. The summed E-state index contributed by atoms with van der Waals surface area (Å²) in [5.74, 6) is -0.824. The number of sulfone groups is 2. The standard InChI is InChI=1S/C17H19NO5S2/c1-13-6-8-15(9-7-13)25(22,23)11-10-17(19)18-14-4-3-5-16(12-14)24(2,20)21/h3-9,12H,10-11H2,1-2H3,(H,18,19). The van der Waals surface area contributed by atoms with Gasteiger partial charge in [0.2, 0.25) is 5.91 Å². The van der Waals surface area contributed by atoms with Crippen LogP contribution in [-0.2, 0) is 24.5 Å². The SMILES string of the molecule is Cc1ccc(S(=O)(=O)CCC(=O)Nc2cccc(S(C)(=O)=O)c2)cc1. The number of benzene rings is 2. The molecule has 0 saturated carbocycles. The maximum atomic E-state index is 12.2. The summed E-state index contributed by atoms with van der Waals surface area (Å²) in [6.07, 6.45) is 0.849. The molecular formula is C17H19NO5S2. The summed E-state index contributed by atoms with van der Waals surface area (Å²) < 4.78 is 47.5. The van der Waals surface area contributed by atoms with Crippen molar-refractivity contribution in [2.75, 3.05) is 17.3 Å². The van der Waals surface area contributed by atoms with Gasteiger partial charge in [-0.3, -0.25) is 4.79 Å². The van der Waals surface area contributed by atoms with Crippen molar-refractivity contribution in [1.82, 2.24) is 0 Å². The van der Waals surface area contributed by atoms with Gasteiger partial charge in [0.25, 0.3) is 0 Å². The van der Waals surface area contributed by atoms with E-state index in [4.69, 9.17) is 0 Å². The highest BCUT2D eigenvalue weighted by molar-refractivity contribution is 7.91. The van der Waals surface area contributed by atoms with E-state index in [1.807, 2.05) is 6.92 Å². The van der Waals surface area contributed by atoms with Gasteiger partial charge in [0, 0.05) is 18.4 Å². The Bertz CT molecular complexity index is 978. The molecule has 0 fully saturated rings. The van der Waals surface area contributed by atoms with E-state index in [9.17, 15) is 21.6 Å². The number of hydrogen-bond donors (Lipinski definition) is 1. The van der Waals surface area contributed by atoms with Gasteiger partial charge in [-0.2, -0.15) is 0 Å². The van der Waals surface area contributed by atoms with Crippen LogP contribution in [0.5, 0.6) is 0 Å². The molecule has 0 aromatic heterocycles. The van der Waals surface area contributed by atoms with E-state index < -0.39 is 25.6 Å². The molecule has 6 nitrogen and oxygen atoms in total. The largest absolute Gasteiger partial charge is 0.326 e. The first-order valence-corrected chi connectivity index (χ1v) is 11.0. The van der Waals surface area contributed by atoms with Crippen LogP contribution >= 0.6 is 0 Å². The van der Waals surface area contributed by atoms with Gasteiger partial charge in [0.1, 0.15) is 0 Å². The molecule has 0 unspecified atom stereocenters. The fourth-order valence-corrected chi connectivity index (χ4v) is 4.03. The molecule has 0 aliphatic rings. The number of rotatable bonds is 6. The number of nitrogens with one attached hydrogen (secondary N) is 1. The predicted octanol–water partition coefficient (Wildman–Crippen LogP) is 2.20. The molecule has 0 aliphatic carbocycles. The van der Waals surface area contributed by atoms with E-state index in [0.29, 0.717) is 5.69 Å². The van der Waals surface area contributed by atoms with Crippen molar-refractivity contribution in [3.05, 3.63) is 54.1 Å². The Morgan fingerprint density at radius 2 is 1.60 bits per heavy atom. The van der Waals surface area contributed by atoms with E-state index in [2.05, 4.69) is 5.32 Å². The monoisotopic (exact) mass is 381 g/mol. The quantitative estimate of drug-likeness (QED) is 0.827. The minimum Gasteiger partial charge on any atom is -0.326 e. The van der Waals surface area contributed by atoms with Gasteiger partial charge in [-0.05, 0) is 37.3 Å². The molecule has 1 amide bonds. The zero-order valence-electron chi connectivity index (χ0n) is 13.9. The smallest absolute Gasteiger partial charge is 0.225 e. The Labute approximate surface area is 147 Å². The van der Waals surface area contributed by atoms with Crippen LogP contribution in [-0.4, -0.2) is 34.8 Å². The summed E-state index contributed by atoms with van der Waals surface area (Å²) in [6, 6.07) is 12.2. The second kappa shape index (κ2) is 7.37. The molecule has 1 N–H and O–H groups in total. The Kier molecular flexibility index (Phi) is 5.64. The maximum absolute atomic E-state index is 12.2. The van der Waals surface area contributed by atoms with Crippen molar-refractivity contribution >= 4 is 31.3 Å². The molecule has 0 heterocycles. The third-order valence-electron chi connectivity index (χ3n) is 3.52. The van der Waals surface area contributed by atoms with Gasteiger partial charge in [-0.15, -0.1) is 0 Å². The van der Waals surface area contributed by atoms with E-state index >= 15 is 0 Å². The zero-order chi connectivity index (χ0) is 18.7. The molecule has 2 rings (SSSR count). The van der Waals surface area contributed by atoms with Crippen LogP contribution in [0.25, 0.3) is 0 Å². The topological polar surface area (TPSA) is 97.4 Å². The Morgan fingerprint density at radius 3 is 2.20 bits per heavy atom. The van der Waals surface area contributed by atoms with E-state index in [1.54, 1.807) is 18.2 Å². The lowest BCUT2D eigenvalue weighted by molar-refractivity contribution is -0.115. The summed E-state index contributed by atoms with van der Waals surface area (Å²) in [5.41, 5.74) is 1.25. The Balaban J connectivity index is 2.02. The molecule has 0 atom stereocenters. The van der Waals surface area contributed by atoms with Crippen molar-refractivity contribution in [2.45, 2.75) is 23.1 Å². The van der Waals surface area contributed by atoms with Gasteiger partial charge in [-0.25, -0.2) is 16.8 Å². The second-order valence-electron chi connectivity index (χ2n) is 5.73. The van der Waals surface area contributed by atoms with Gasteiger partial charge in [0.05, 0.1) is 15.5 Å². The Morgan fingerprint density at radius 1 is 0.960 bits per heavy atom. The number of anilines is 1. The van der Waals surface area contributed by atoms with Gasteiger partial charge in [0.15, 0.2) is 19.7 Å². The minimum absolute atomic E-state index is 0.0811. The van der Waals surface area contributed by atoms with E-state index in [-0.39, 0.29) is 22.0 Å². The fraction of sp³-hybridized carbons (Fsp3) is 0.235. The number of amides is 1. The number of carbonyl (C=O) groups excluding carboxylic acids is 1. The van der Waals surface area contributed by atoms with Crippen molar-refractivity contribution in [1.29, 1.82) is 0 Å². The highest BCUT2D eigenvalue weighted by Gasteiger charge is 2.17. The van der Waals surface area contributed by atoms with Crippen molar-refractivity contribution in [3.63, 3.8) is 0 Å². The fourth-order valence-electron chi connectivity index (χ4n) is 2.12. The molecule has 2 aromatic carbocycles. The molecule has 0 saturated heterocycles. The van der Waals surface area contributed by atoms with E-state index in [1.165, 1.54) is 30.3 Å². The van der Waals surface area contributed by atoms with Crippen LogP contribution in [0.3, 0.4) is 0 Å². The summed E-state index contributed by atoms with van der Waals surface area (Å²) >= 11 is 0. The molecule has 0 radical (unpaired) electrons. The molecule has 0 aliphatic heterocycles. The number of hydrogen-bond acceptors (Lipinski definition) is 5. The molecular weight excluding hydrogens is 362 g/mol. The summed E-state index contributed by atoms with van der Waals surface area (Å²) in [6.45, 7) is 1.86. The first-order valence-electron chi connectivity index (χ1n) is 7.47. The average Bonchev–Trinajstić information content (AvgIpc) is 2.53. The van der Waals surface area contributed by atoms with Crippen LogP contribution in [0.1, 0.15) is 12.0 Å². The van der Waals surface area contributed by atoms with Crippen molar-refractivity contribution in [2.24, 2.45) is 0 Å². The average molecular weight is 381 g/mol. The third-order valence-corrected chi connectivity index (χ3v) is 6.37. The molecule has 2 aromatic rings. The highest BCUT2D eigenvalue weighted by Crippen LogP contribution is 2.16. The number of aryl methyl sites for hydroxylation is 1. The highest BCUT2D eigenvalue weighted by atomic mass is 32.2.